The summed E-state index contributed by atoms with van der Waals surface area (Å²) < 4.78 is 0. The number of amides is 1. The van der Waals surface area contributed by atoms with Crippen LogP contribution in [0.4, 0.5) is 0 Å². The topological polar surface area (TPSA) is 49.3 Å². The maximum atomic E-state index is 12.3. The molecule has 0 aliphatic heterocycles. The zero-order valence-corrected chi connectivity index (χ0v) is 13.5. The number of benzene rings is 1. The van der Waals surface area contributed by atoms with E-state index < -0.39 is 0 Å². The summed E-state index contributed by atoms with van der Waals surface area (Å²) in [5, 5.41) is 13.3. The maximum Gasteiger partial charge on any atom is 0.251 e. The van der Waals surface area contributed by atoms with Gasteiger partial charge in [-0.15, -0.1) is 0 Å². The monoisotopic (exact) mass is 305 g/mol. The lowest BCUT2D eigenvalue weighted by Crippen LogP contribution is -2.37. The quantitative estimate of drug-likeness (QED) is 0.785. The molecule has 21 heavy (non-hydrogen) atoms. The third-order valence-electron chi connectivity index (χ3n) is 3.88. The van der Waals surface area contributed by atoms with Gasteiger partial charge in [-0.3, -0.25) is 4.79 Å². The van der Waals surface area contributed by atoms with Crippen LogP contribution in [0.5, 0.6) is 0 Å². The number of thioether (sulfide) groups is 1. The van der Waals surface area contributed by atoms with Gasteiger partial charge in [-0.25, -0.2) is 0 Å². The van der Waals surface area contributed by atoms with Crippen LogP contribution in [0.1, 0.15) is 41.6 Å². The van der Waals surface area contributed by atoms with Crippen molar-refractivity contribution in [2.45, 2.75) is 38.6 Å². The van der Waals surface area contributed by atoms with Gasteiger partial charge in [-0.1, -0.05) is 17.7 Å². The number of nitrogens with one attached hydrogen (secondary N) is 1. The van der Waals surface area contributed by atoms with Gasteiger partial charge in [0.25, 0.3) is 5.91 Å². The summed E-state index contributed by atoms with van der Waals surface area (Å²) in [6.45, 7) is 2.00. The highest BCUT2D eigenvalue weighted by Crippen LogP contribution is 2.29. The maximum absolute atomic E-state index is 12.3. The Bertz CT molecular complexity index is 516. The van der Waals surface area contributed by atoms with Crippen molar-refractivity contribution in [3.8, 4) is 0 Å². The van der Waals surface area contributed by atoms with Crippen LogP contribution < -0.4 is 5.32 Å². The molecule has 0 aromatic heterocycles. The average molecular weight is 305 g/mol. The lowest BCUT2D eigenvalue weighted by Gasteiger charge is -2.25. The van der Waals surface area contributed by atoms with E-state index in [2.05, 4.69) is 5.32 Å². The van der Waals surface area contributed by atoms with Gasteiger partial charge in [0.1, 0.15) is 5.76 Å². The van der Waals surface area contributed by atoms with Crippen molar-refractivity contribution in [2.24, 2.45) is 0 Å². The van der Waals surface area contributed by atoms with E-state index >= 15 is 0 Å². The Morgan fingerprint density at radius 2 is 2.00 bits per heavy atom. The molecule has 114 valence electrons. The number of carbonyl (C=O) groups excluding carboxylic acids is 1. The number of aliphatic hydroxyl groups is 1. The van der Waals surface area contributed by atoms with Gasteiger partial charge in [0.05, 0.1) is 6.04 Å². The van der Waals surface area contributed by atoms with Crippen molar-refractivity contribution in [1.82, 2.24) is 5.32 Å². The molecular weight excluding hydrogens is 282 g/mol. The molecule has 1 fully saturated rings. The standard InChI is InChI=1S/C17H23NO2S/c1-12-6-8-14(9-7-12)17(20)18-15(10-11-21-2)16(19)13-4-3-5-13/h6-9,15,19H,3-5,10-11H2,1-2H3,(H,18,20). The Labute approximate surface area is 130 Å². The molecule has 1 aromatic rings. The van der Waals surface area contributed by atoms with Gasteiger partial charge in [0.2, 0.25) is 0 Å². The largest absolute Gasteiger partial charge is 0.510 e. The molecule has 0 spiro atoms. The molecule has 0 bridgehead atoms. The van der Waals surface area contributed by atoms with Crippen molar-refractivity contribution < 1.29 is 9.90 Å². The predicted octanol–water partition coefficient (Wildman–Crippen LogP) is 3.84. The molecule has 1 aromatic carbocycles. The molecular formula is C17H23NO2S. The number of aryl methyl sites for hydroxylation is 1. The van der Waals surface area contributed by atoms with Crippen molar-refractivity contribution in [1.29, 1.82) is 0 Å². The molecule has 2 N–H and O–H groups in total. The fraction of sp³-hybridized carbons (Fsp3) is 0.471. The summed E-state index contributed by atoms with van der Waals surface area (Å²) in [5.74, 6) is 1.18. The molecule has 0 radical (unpaired) electrons. The zero-order valence-electron chi connectivity index (χ0n) is 12.7. The van der Waals surface area contributed by atoms with Gasteiger partial charge in [0.15, 0.2) is 0 Å². The predicted molar refractivity (Wildman–Crippen MR) is 88.9 cm³/mol. The second-order valence-corrected chi connectivity index (χ2v) is 6.50. The molecule has 1 atom stereocenters. The van der Waals surface area contributed by atoms with E-state index in [1.807, 2.05) is 37.4 Å². The Hall–Kier alpha value is -1.42. The number of rotatable bonds is 6. The molecule has 4 heteroatoms. The molecule has 2 rings (SSSR count). The lowest BCUT2D eigenvalue weighted by atomic mass is 9.89. The number of carbonyl (C=O) groups is 1. The SMILES string of the molecule is CSCCC(NC(=O)c1ccc(C)cc1)C(O)=C1CCC1. The normalized spacial score (nSPS) is 15.2. The van der Waals surface area contributed by atoms with Crippen LogP contribution in [-0.4, -0.2) is 29.1 Å². The van der Waals surface area contributed by atoms with Crippen molar-refractivity contribution >= 4 is 17.7 Å². The Morgan fingerprint density at radius 3 is 2.52 bits per heavy atom. The molecule has 1 saturated carbocycles. The van der Waals surface area contributed by atoms with Crippen LogP contribution in [0.15, 0.2) is 35.6 Å². The van der Waals surface area contributed by atoms with E-state index in [1.54, 1.807) is 11.8 Å². The first-order valence-electron chi connectivity index (χ1n) is 7.39. The Balaban J connectivity index is 2.07. The fourth-order valence-corrected chi connectivity index (χ4v) is 2.79. The van der Waals surface area contributed by atoms with Gasteiger partial charge in [-0.05, 0) is 62.3 Å². The van der Waals surface area contributed by atoms with E-state index in [0.717, 1.165) is 42.6 Å². The highest BCUT2D eigenvalue weighted by Gasteiger charge is 2.23. The minimum Gasteiger partial charge on any atom is -0.510 e. The van der Waals surface area contributed by atoms with E-state index in [4.69, 9.17) is 0 Å². The van der Waals surface area contributed by atoms with Gasteiger partial charge < -0.3 is 10.4 Å². The number of hydrogen-bond donors (Lipinski definition) is 2. The van der Waals surface area contributed by atoms with Crippen LogP contribution >= 0.6 is 11.8 Å². The summed E-state index contributed by atoms with van der Waals surface area (Å²) in [6.07, 6.45) is 5.85. The number of allylic oxidation sites excluding steroid dienone is 1. The second-order valence-electron chi connectivity index (χ2n) is 5.52. The third kappa shape index (κ3) is 4.27. The summed E-state index contributed by atoms with van der Waals surface area (Å²) in [6, 6.07) is 7.24. The van der Waals surface area contributed by atoms with Gasteiger partial charge in [0, 0.05) is 5.56 Å². The van der Waals surface area contributed by atoms with E-state index in [1.165, 1.54) is 0 Å². The Morgan fingerprint density at radius 1 is 1.33 bits per heavy atom. The van der Waals surface area contributed by atoms with Crippen LogP contribution in [0, 0.1) is 6.92 Å². The van der Waals surface area contributed by atoms with Gasteiger partial charge in [-0.2, -0.15) is 11.8 Å². The van der Waals surface area contributed by atoms with Crippen LogP contribution in [0.2, 0.25) is 0 Å². The van der Waals surface area contributed by atoms with E-state index in [9.17, 15) is 9.90 Å². The summed E-state index contributed by atoms with van der Waals surface area (Å²) in [5.41, 5.74) is 2.87. The molecule has 0 saturated heterocycles. The van der Waals surface area contributed by atoms with Crippen LogP contribution in [0.25, 0.3) is 0 Å². The highest BCUT2D eigenvalue weighted by atomic mass is 32.2. The lowest BCUT2D eigenvalue weighted by molar-refractivity contribution is 0.0931. The molecule has 0 heterocycles. The second kappa shape index (κ2) is 7.55. The minimum atomic E-state index is -0.262. The smallest absolute Gasteiger partial charge is 0.251 e. The van der Waals surface area contributed by atoms with E-state index in [0.29, 0.717) is 11.3 Å². The Kier molecular flexibility index (Phi) is 5.74. The number of hydrogen-bond acceptors (Lipinski definition) is 3. The number of aliphatic hydroxyl groups excluding tert-OH is 1. The first-order chi connectivity index (χ1) is 10.1. The van der Waals surface area contributed by atoms with Crippen LogP contribution in [0.3, 0.4) is 0 Å². The van der Waals surface area contributed by atoms with Crippen molar-refractivity contribution in [3.63, 3.8) is 0 Å². The first kappa shape index (κ1) is 16.0. The van der Waals surface area contributed by atoms with Crippen LogP contribution in [-0.2, 0) is 0 Å². The molecule has 1 aliphatic carbocycles. The van der Waals surface area contributed by atoms with E-state index in [-0.39, 0.29) is 11.9 Å². The zero-order chi connectivity index (χ0) is 15.2. The minimum absolute atomic E-state index is 0.118. The summed E-state index contributed by atoms with van der Waals surface area (Å²) >= 11 is 1.72. The molecule has 3 nitrogen and oxygen atoms in total. The highest BCUT2D eigenvalue weighted by molar-refractivity contribution is 7.98. The fourth-order valence-electron chi connectivity index (χ4n) is 2.32. The third-order valence-corrected chi connectivity index (χ3v) is 4.52. The first-order valence-corrected chi connectivity index (χ1v) is 8.78. The van der Waals surface area contributed by atoms with Gasteiger partial charge >= 0.3 is 0 Å². The summed E-state index contributed by atoms with van der Waals surface area (Å²) in [4.78, 5) is 12.3. The average Bonchev–Trinajstić information content (AvgIpc) is 2.42. The van der Waals surface area contributed by atoms with Crippen molar-refractivity contribution in [2.75, 3.05) is 12.0 Å². The molecule has 1 aliphatic rings. The molecule has 1 amide bonds. The molecule has 1 unspecified atom stereocenters. The summed E-state index contributed by atoms with van der Waals surface area (Å²) in [7, 11) is 0. The van der Waals surface area contributed by atoms with Crippen molar-refractivity contribution in [3.05, 3.63) is 46.7 Å².